The molecule has 10 unspecified atom stereocenters. The van der Waals surface area contributed by atoms with Crippen LogP contribution in [0, 0.1) is 94.7 Å². The first kappa shape index (κ1) is 52.2. The Bertz CT molecular complexity index is 1880. The minimum absolute atomic E-state index is 0.00519. The van der Waals surface area contributed by atoms with E-state index in [-0.39, 0.29) is 59.5 Å². The van der Waals surface area contributed by atoms with E-state index in [9.17, 15) is 28.8 Å². The van der Waals surface area contributed by atoms with E-state index in [0.29, 0.717) is 95.6 Å². The van der Waals surface area contributed by atoms with E-state index < -0.39 is 0 Å². The fourth-order valence-corrected chi connectivity index (χ4v) is 12.2. The van der Waals surface area contributed by atoms with Gasteiger partial charge in [0.05, 0.1) is 24.2 Å². The Balaban J connectivity index is 0.000000149. The first-order valence-corrected chi connectivity index (χ1v) is 24.5. The van der Waals surface area contributed by atoms with Gasteiger partial charge in [-0.2, -0.15) is 0 Å². The molecule has 0 aromatic heterocycles. The van der Waals surface area contributed by atoms with Crippen LogP contribution in [0.3, 0.4) is 0 Å². The van der Waals surface area contributed by atoms with Crippen LogP contribution in [0.4, 0.5) is 0 Å². The lowest BCUT2D eigenvalue weighted by Crippen LogP contribution is -2.26. The van der Waals surface area contributed by atoms with E-state index in [0.717, 1.165) is 61.4 Å². The number of fused-ring (bicyclic) bond motifs is 11. The molecule has 0 spiro atoms. The lowest BCUT2D eigenvalue weighted by Gasteiger charge is -2.25. The van der Waals surface area contributed by atoms with Gasteiger partial charge in [-0.3, -0.25) is 28.8 Å². The summed E-state index contributed by atoms with van der Waals surface area (Å²) in [6.45, 7) is 39.0. The SMILES string of the molecule is C=C1C[C@@H](C)CC(=O)O1.C=C1OC(=O)C2C3CC(C12)[C@@H](C)C3.C=C1OC(=O)C2C3CC(C12)[C@@H](C)C3.C=C1OC(=O)C2CC[C@H](C)CC12.C=C1OC(=O)CC[C@@H]1C.C=C1OC(=O)C[C@@H]1C.CC. The van der Waals surface area contributed by atoms with Crippen LogP contribution in [0.1, 0.15) is 132 Å². The van der Waals surface area contributed by atoms with Crippen molar-refractivity contribution >= 4 is 35.8 Å². The molecule has 6 aliphatic heterocycles. The summed E-state index contributed by atoms with van der Waals surface area (Å²) in [5, 5.41) is 0. The molecule has 0 N–H and O–H groups in total. The number of carbonyl (C=O) groups is 6. The van der Waals surface area contributed by atoms with Crippen LogP contribution in [0.2, 0.25) is 0 Å². The molecule has 16 atom stereocenters. The quantitative estimate of drug-likeness (QED) is 0.167. The molecule has 0 aromatic rings. The molecule has 0 amide bonds. The number of rotatable bonds is 0. The average Bonchev–Trinajstić information content (AvgIpc) is 4.13. The maximum absolute atomic E-state index is 11.5. The molecule has 5 aliphatic carbocycles. The van der Waals surface area contributed by atoms with Crippen LogP contribution < -0.4 is 0 Å². The number of hydrogen-bond acceptors (Lipinski definition) is 12. The van der Waals surface area contributed by atoms with Crippen molar-refractivity contribution < 1.29 is 57.2 Å². The summed E-state index contributed by atoms with van der Waals surface area (Å²) in [5.74, 6) is 10.8. The summed E-state index contributed by atoms with van der Waals surface area (Å²) in [4.78, 5) is 65.7. The van der Waals surface area contributed by atoms with E-state index in [2.05, 4.69) is 65.0 Å². The number of ether oxygens (including phenoxy) is 6. The third kappa shape index (κ3) is 12.0. The lowest BCUT2D eigenvalue weighted by molar-refractivity contribution is -0.144. The molecule has 12 nitrogen and oxygen atoms in total. The summed E-state index contributed by atoms with van der Waals surface area (Å²) >= 11 is 0. The van der Waals surface area contributed by atoms with Crippen molar-refractivity contribution in [2.75, 3.05) is 0 Å². The van der Waals surface area contributed by atoms with Gasteiger partial charge in [-0.25, -0.2) is 0 Å². The van der Waals surface area contributed by atoms with Gasteiger partial charge in [-0.05, 0) is 98.7 Å². The van der Waals surface area contributed by atoms with Gasteiger partial charge in [0.1, 0.15) is 34.6 Å². The van der Waals surface area contributed by atoms with Crippen LogP contribution in [0.5, 0.6) is 0 Å². The van der Waals surface area contributed by atoms with Crippen LogP contribution in [0.25, 0.3) is 0 Å². The highest BCUT2D eigenvalue weighted by molar-refractivity contribution is 5.79. The highest BCUT2D eigenvalue weighted by Crippen LogP contribution is 2.61. The summed E-state index contributed by atoms with van der Waals surface area (Å²) < 4.78 is 29.4. The van der Waals surface area contributed by atoms with E-state index in [1.54, 1.807) is 0 Å². The Hall–Kier alpha value is -4.74. The van der Waals surface area contributed by atoms with Crippen molar-refractivity contribution in [3.05, 3.63) is 74.0 Å². The van der Waals surface area contributed by atoms with Crippen LogP contribution in [0.15, 0.2) is 74.0 Å². The van der Waals surface area contributed by atoms with Gasteiger partial charge in [0.2, 0.25) is 0 Å². The second-order valence-corrected chi connectivity index (χ2v) is 20.6. The third-order valence-electron chi connectivity index (χ3n) is 15.7. The highest BCUT2D eigenvalue weighted by atomic mass is 16.6. The number of hydrogen-bond donors (Lipinski definition) is 0. The minimum Gasteiger partial charge on any atom is -0.432 e. The van der Waals surface area contributed by atoms with Crippen molar-refractivity contribution in [1.82, 2.24) is 0 Å². The first-order chi connectivity index (χ1) is 31.1. The summed E-state index contributed by atoms with van der Waals surface area (Å²) in [6, 6.07) is 0. The van der Waals surface area contributed by atoms with Gasteiger partial charge in [-0.1, -0.05) is 94.9 Å². The highest BCUT2D eigenvalue weighted by Gasteiger charge is 2.60. The van der Waals surface area contributed by atoms with Gasteiger partial charge < -0.3 is 28.4 Å². The largest absolute Gasteiger partial charge is 0.432 e. The van der Waals surface area contributed by atoms with Crippen LogP contribution in [-0.2, 0) is 57.2 Å². The standard InChI is InChI=1S/2C11H14O2.C10H14O2.2C7H10O2.C6H8O2.C2H6/c2*1-5-3-7-4-8(5)9-6(2)13-11(12)10(7)9;1-6-3-4-8-9(5-6)7(2)12-10(8)11;1-5-3-6(2)9-7(8)4-5;1-5-3-4-7(8)9-6(5)2;1-4-3-6(7)8-5(4)2;1-2/h2*5,7-10H,2-4H2,1H3;6,8-9H,2-5H2,1H3;2*5H,2-4H2,1H3;4H,2-3H2,1H3;1-2H3/t2*5-,7?,8?,9?,10?;6-,8?,9?;2*5-;4-;/m000100./s1. The number of carbonyl (C=O) groups excluding carboxylic acids is 6. The van der Waals surface area contributed by atoms with Gasteiger partial charge in [-0.15, -0.1) is 0 Å². The molecular formula is C54H76O12. The maximum Gasteiger partial charge on any atom is 0.315 e. The van der Waals surface area contributed by atoms with Crippen molar-refractivity contribution in [2.24, 2.45) is 94.7 Å². The van der Waals surface area contributed by atoms with E-state index in [1.165, 1.54) is 25.7 Å². The molecule has 66 heavy (non-hydrogen) atoms. The summed E-state index contributed by atoms with van der Waals surface area (Å²) in [7, 11) is 0. The Labute approximate surface area is 393 Å². The molecule has 12 heteroatoms. The predicted octanol–water partition coefficient (Wildman–Crippen LogP) is 11.1. The van der Waals surface area contributed by atoms with Crippen molar-refractivity contribution in [3.8, 4) is 0 Å². The number of allylic oxidation sites excluding steroid dienone is 6. The molecule has 11 aliphatic rings. The van der Waals surface area contributed by atoms with Crippen LogP contribution in [-0.4, -0.2) is 35.8 Å². The minimum atomic E-state index is -0.150. The zero-order valence-electron chi connectivity index (χ0n) is 40.9. The molecule has 6 heterocycles. The molecule has 11 fully saturated rings. The first-order valence-electron chi connectivity index (χ1n) is 24.5. The maximum atomic E-state index is 11.5. The smallest absolute Gasteiger partial charge is 0.315 e. The second kappa shape index (κ2) is 22.4. The molecule has 4 bridgehead atoms. The molecule has 0 aromatic carbocycles. The Morgan fingerprint density at radius 3 is 1.32 bits per heavy atom. The topological polar surface area (TPSA) is 158 Å². The molecular weight excluding hydrogens is 841 g/mol. The average molecular weight is 917 g/mol. The fraction of sp³-hybridized carbons (Fsp3) is 0.667. The third-order valence-corrected chi connectivity index (χ3v) is 15.7. The summed E-state index contributed by atoms with van der Waals surface area (Å²) in [6.07, 6.45) is 11.4. The van der Waals surface area contributed by atoms with Crippen LogP contribution >= 0.6 is 0 Å². The lowest BCUT2D eigenvalue weighted by atomic mass is 9.75. The molecule has 6 saturated heterocycles. The second-order valence-electron chi connectivity index (χ2n) is 20.6. The van der Waals surface area contributed by atoms with E-state index in [4.69, 9.17) is 23.7 Å². The number of cyclic esters (lactones) is 6. The van der Waals surface area contributed by atoms with Crippen molar-refractivity contribution in [3.63, 3.8) is 0 Å². The Morgan fingerprint density at radius 2 is 0.894 bits per heavy atom. The monoisotopic (exact) mass is 917 g/mol. The molecule has 0 radical (unpaired) electrons. The van der Waals surface area contributed by atoms with Crippen molar-refractivity contribution in [2.45, 2.75) is 132 Å². The van der Waals surface area contributed by atoms with Gasteiger partial charge in [0, 0.05) is 48.9 Å². The molecule has 11 rings (SSSR count). The van der Waals surface area contributed by atoms with E-state index >= 15 is 0 Å². The summed E-state index contributed by atoms with van der Waals surface area (Å²) in [5.41, 5.74) is 0. The van der Waals surface area contributed by atoms with E-state index in [1.807, 2.05) is 34.6 Å². The molecule has 5 saturated carbocycles. The fourth-order valence-electron chi connectivity index (χ4n) is 12.2. The number of esters is 6. The van der Waals surface area contributed by atoms with Gasteiger partial charge in [0.25, 0.3) is 0 Å². The normalized spacial score (nSPS) is 39.3. The Kier molecular flexibility index (Phi) is 17.7. The van der Waals surface area contributed by atoms with Crippen molar-refractivity contribution in [1.29, 1.82) is 0 Å². The molecule has 364 valence electrons. The van der Waals surface area contributed by atoms with Gasteiger partial charge in [0.15, 0.2) is 0 Å². The van der Waals surface area contributed by atoms with Gasteiger partial charge >= 0.3 is 35.8 Å². The zero-order valence-corrected chi connectivity index (χ0v) is 40.9. The zero-order chi connectivity index (χ0) is 48.9. The Morgan fingerprint density at radius 1 is 0.409 bits per heavy atom. The predicted molar refractivity (Wildman–Crippen MR) is 248 cm³/mol.